The van der Waals surface area contributed by atoms with Gasteiger partial charge in [-0.2, -0.15) is 0 Å². The minimum absolute atomic E-state index is 0.0567. The summed E-state index contributed by atoms with van der Waals surface area (Å²) in [5, 5.41) is 2.81. The van der Waals surface area contributed by atoms with Crippen LogP contribution >= 0.6 is 0 Å². The zero-order valence-electron chi connectivity index (χ0n) is 15.1. The Hall–Kier alpha value is -2.54. The topological polar surface area (TPSA) is 81.7 Å². The lowest BCUT2D eigenvalue weighted by Crippen LogP contribution is -2.15. The van der Waals surface area contributed by atoms with Crippen LogP contribution in [0.4, 0.5) is 5.69 Å². The summed E-state index contributed by atoms with van der Waals surface area (Å²) in [4.78, 5) is 12.3. The van der Waals surface area contributed by atoms with Gasteiger partial charge in [0.2, 0.25) is 5.91 Å². The predicted molar refractivity (Wildman–Crippen MR) is 102 cm³/mol. The summed E-state index contributed by atoms with van der Waals surface area (Å²) in [6.07, 6.45) is 1.38. The zero-order chi connectivity index (χ0) is 19.2. The number of hydrogen-bond acceptors (Lipinski definition) is 5. The molecule has 0 aliphatic carbocycles. The van der Waals surface area contributed by atoms with Gasteiger partial charge >= 0.3 is 0 Å². The van der Waals surface area contributed by atoms with Gasteiger partial charge in [-0.3, -0.25) is 4.79 Å². The van der Waals surface area contributed by atoms with Gasteiger partial charge in [0, 0.05) is 18.0 Å². The Morgan fingerprint density at radius 2 is 1.92 bits per heavy atom. The summed E-state index contributed by atoms with van der Waals surface area (Å²) in [7, 11) is -1.47. The molecule has 0 radical (unpaired) electrons. The first-order valence-corrected chi connectivity index (χ1v) is 10.2. The van der Waals surface area contributed by atoms with E-state index in [0.29, 0.717) is 11.4 Å². The maximum atomic E-state index is 12.3. The van der Waals surface area contributed by atoms with E-state index in [1.165, 1.54) is 0 Å². The van der Waals surface area contributed by atoms with Gasteiger partial charge in [0.25, 0.3) is 0 Å². The van der Waals surface area contributed by atoms with Crippen molar-refractivity contribution in [2.24, 2.45) is 0 Å². The van der Waals surface area contributed by atoms with Crippen molar-refractivity contribution in [1.29, 1.82) is 0 Å². The number of rotatable bonds is 8. The van der Waals surface area contributed by atoms with Crippen LogP contribution < -0.4 is 14.8 Å². The molecule has 0 fully saturated rings. The fourth-order valence-corrected chi connectivity index (χ4v) is 2.73. The Bertz CT molecular complexity index is 877. The number of carbonyl (C=O) groups excluding carboxylic acids is 1. The molecule has 7 heteroatoms. The molecule has 0 saturated carbocycles. The van der Waals surface area contributed by atoms with E-state index < -0.39 is 9.84 Å². The van der Waals surface area contributed by atoms with Crippen molar-refractivity contribution in [2.45, 2.75) is 13.3 Å². The van der Waals surface area contributed by atoms with E-state index in [-0.39, 0.29) is 24.7 Å². The van der Waals surface area contributed by atoms with Crippen LogP contribution in [0, 0.1) is 6.92 Å². The van der Waals surface area contributed by atoms with E-state index in [9.17, 15) is 13.2 Å². The van der Waals surface area contributed by atoms with E-state index in [0.717, 1.165) is 23.1 Å². The number of nitrogens with one attached hydrogen (secondary N) is 1. The number of carbonyl (C=O) groups is 1. The minimum atomic E-state index is -3.07. The van der Waals surface area contributed by atoms with Crippen molar-refractivity contribution in [3.8, 4) is 11.5 Å². The van der Waals surface area contributed by atoms with Crippen LogP contribution in [0.5, 0.6) is 11.5 Å². The number of hydrogen-bond donors (Lipinski definition) is 1. The highest BCUT2D eigenvalue weighted by Crippen LogP contribution is 2.20. The van der Waals surface area contributed by atoms with E-state index >= 15 is 0 Å². The lowest BCUT2D eigenvalue weighted by atomic mass is 10.1. The molecule has 2 rings (SSSR count). The lowest BCUT2D eigenvalue weighted by Gasteiger charge is -2.10. The molecule has 0 saturated heterocycles. The molecule has 0 aromatic heterocycles. The van der Waals surface area contributed by atoms with E-state index in [1.54, 1.807) is 31.4 Å². The lowest BCUT2D eigenvalue weighted by molar-refractivity contribution is -0.115. The molecule has 0 aliphatic heterocycles. The monoisotopic (exact) mass is 377 g/mol. The Kier molecular flexibility index (Phi) is 6.63. The zero-order valence-corrected chi connectivity index (χ0v) is 15.9. The summed E-state index contributed by atoms with van der Waals surface area (Å²) in [5.41, 5.74) is 2.45. The molecule has 0 unspecified atom stereocenters. The molecule has 0 bridgehead atoms. The third kappa shape index (κ3) is 6.40. The molecular weight excluding hydrogens is 354 g/mol. The van der Waals surface area contributed by atoms with E-state index in [2.05, 4.69) is 5.32 Å². The van der Waals surface area contributed by atoms with E-state index in [1.807, 2.05) is 25.1 Å². The van der Waals surface area contributed by atoms with Crippen molar-refractivity contribution in [3.63, 3.8) is 0 Å². The maximum Gasteiger partial charge on any atom is 0.228 e. The number of ether oxygens (including phenoxy) is 2. The highest BCUT2D eigenvalue weighted by Gasteiger charge is 2.08. The summed E-state index contributed by atoms with van der Waals surface area (Å²) in [5.74, 6) is 1.03. The summed E-state index contributed by atoms with van der Waals surface area (Å²) < 4.78 is 32.9. The second kappa shape index (κ2) is 8.71. The third-order valence-corrected chi connectivity index (χ3v) is 4.59. The highest BCUT2D eigenvalue weighted by molar-refractivity contribution is 7.90. The Morgan fingerprint density at radius 1 is 1.15 bits per heavy atom. The molecule has 2 aromatic rings. The van der Waals surface area contributed by atoms with E-state index in [4.69, 9.17) is 9.47 Å². The SMILES string of the molecule is COc1cc(CC(=O)Nc2cccc(OCCS(C)(=O)=O)c2)ccc1C. The second-order valence-electron chi connectivity index (χ2n) is 6.04. The molecule has 0 heterocycles. The predicted octanol–water partition coefficient (Wildman–Crippen LogP) is 2.61. The molecule has 26 heavy (non-hydrogen) atoms. The van der Waals surface area contributed by atoms with Gasteiger partial charge in [0.15, 0.2) is 9.84 Å². The first kappa shape index (κ1) is 19.8. The molecule has 6 nitrogen and oxygen atoms in total. The number of sulfone groups is 1. The molecule has 0 aliphatic rings. The largest absolute Gasteiger partial charge is 0.496 e. The molecule has 2 aromatic carbocycles. The van der Waals surface area contributed by atoms with Crippen LogP contribution in [0.15, 0.2) is 42.5 Å². The smallest absolute Gasteiger partial charge is 0.228 e. The van der Waals surface area contributed by atoms with Crippen molar-refractivity contribution < 1.29 is 22.7 Å². The Balaban J connectivity index is 1.95. The summed E-state index contributed by atoms with van der Waals surface area (Å²) in [6.45, 7) is 2.01. The van der Waals surface area contributed by atoms with Gasteiger partial charge in [-0.1, -0.05) is 18.2 Å². The fourth-order valence-electron chi connectivity index (χ4n) is 2.34. The summed E-state index contributed by atoms with van der Waals surface area (Å²) >= 11 is 0. The van der Waals surface area contributed by atoms with Gasteiger partial charge in [-0.25, -0.2) is 8.42 Å². The first-order chi connectivity index (χ1) is 12.3. The fraction of sp³-hybridized carbons (Fsp3) is 0.316. The average molecular weight is 377 g/mol. The molecule has 1 N–H and O–H groups in total. The number of anilines is 1. The van der Waals surface area contributed by atoms with Crippen molar-refractivity contribution in [1.82, 2.24) is 0 Å². The van der Waals surface area contributed by atoms with Crippen LogP contribution in [0.3, 0.4) is 0 Å². The Morgan fingerprint density at radius 3 is 2.62 bits per heavy atom. The van der Waals surface area contributed by atoms with Crippen LogP contribution in [0.1, 0.15) is 11.1 Å². The average Bonchev–Trinajstić information content (AvgIpc) is 2.55. The van der Waals surface area contributed by atoms with Crippen molar-refractivity contribution in [2.75, 3.05) is 31.0 Å². The van der Waals surface area contributed by atoms with Crippen molar-refractivity contribution in [3.05, 3.63) is 53.6 Å². The van der Waals surface area contributed by atoms with Gasteiger partial charge < -0.3 is 14.8 Å². The van der Waals surface area contributed by atoms with Crippen LogP contribution in [-0.2, 0) is 21.1 Å². The summed E-state index contributed by atoms with van der Waals surface area (Å²) in [6, 6.07) is 12.5. The van der Waals surface area contributed by atoms with Gasteiger partial charge in [0.1, 0.15) is 18.1 Å². The Labute approximate surface area is 154 Å². The van der Waals surface area contributed by atoms with Crippen LogP contribution in [0.2, 0.25) is 0 Å². The van der Waals surface area contributed by atoms with Gasteiger partial charge in [0.05, 0.1) is 19.3 Å². The highest BCUT2D eigenvalue weighted by atomic mass is 32.2. The van der Waals surface area contributed by atoms with Gasteiger partial charge in [-0.05, 0) is 36.2 Å². The third-order valence-electron chi connectivity index (χ3n) is 3.68. The molecule has 0 atom stereocenters. The molecule has 140 valence electrons. The quantitative estimate of drug-likeness (QED) is 0.765. The standard InChI is InChI=1S/C19H23NO5S/c1-14-7-8-15(11-18(14)24-2)12-19(21)20-16-5-4-6-17(13-16)25-9-10-26(3,22)23/h4-8,11,13H,9-10,12H2,1-3H3,(H,20,21). The van der Waals surface area contributed by atoms with Crippen molar-refractivity contribution >= 4 is 21.4 Å². The van der Waals surface area contributed by atoms with Crippen LogP contribution in [-0.4, -0.2) is 40.1 Å². The number of methoxy groups -OCH3 is 1. The normalized spacial score (nSPS) is 11.0. The molecular formula is C19H23NO5S. The second-order valence-corrected chi connectivity index (χ2v) is 8.29. The molecule has 1 amide bonds. The first-order valence-electron chi connectivity index (χ1n) is 8.11. The number of aryl methyl sites for hydroxylation is 1. The minimum Gasteiger partial charge on any atom is -0.496 e. The number of amides is 1. The molecule has 0 spiro atoms. The van der Waals surface area contributed by atoms with Crippen LogP contribution in [0.25, 0.3) is 0 Å². The number of benzene rings is 2. The van der Waals surface area contributed by atoms with Gasteiger partial charge in [-0.15, -0.1) is 0 Å². The maximum absolute atomic E-state index is 12.3.